The summed E-state index contributed by atoms with van der Waals surface area (Å²) in [5.74, 6) is 0.721. The maximum Gasteiger partial charge on any atom is 0.223 e. The van der Waals surface area contributed by atoms with Crippen LogP contribution in [0.15, 0.2) is 24.3 Å². The lowest BCUT2D eigenvalue weighted by Crippen LogP contribution is -2.42. The number of carbonyl (C=O) groups is 1. The summed E-state index contributed by atoms with van der Waals surface area (Å²) in [7, 11) is 0. The van der Waals surface area contributed by atoms with Crippen molar-refractivity contribution < 1.29 is 4.79 Å². The van der Waals surface area contributed by atoms with Crippen LogP contribution < -0.4 is 0 Å². The molecule has 0 N–H and O–H groups in total. The smallest absolute Gasteiger partial charge is 0.223 e. The molecule has 1 aliphatic heterocycles. The van der Waals surface area contributed by atoms with Crippen molar-refractivity contribution in [3.8, 4) is 0 Å². The number of rotatable bonds is 2. The van der Waals surface area contributed by atoms with Gasteiger partial charge in [-0.3, -0.25) is 4.79 Å². The fraction of sp³-hybridized carbons (Fsp3) is 0.533. The number of piperidine rings is 1. The van der Waals surface area contributed by atoms with E-state index in [-0.39, 0.29) is 0 Å². The van der Waals surface area contributed by atoms with Crippen molar-refractivity contribution in [2.24, 2.45) is 0 Å². The Morgan fingerprint density at radius 3 is 2.59 bits per heavy atom. The lowest BCUT2D eigenvalue weighted by atomic mass is 9.86. The second kappa shape index (κ2) is 4.91. The molecular formula is C15H21NO. The molecule has 0 saturated carbocycles. The van der Waals surface area contributed by atoms with Crippen LogP contribution in [-0.4, -0.2) is 23.4 Å². The van der Waals surface area contributed by atoms with Crippen LogP contribution in [0.5, 0.6) is 0 Å². The zero-order valence-corrected chi connectivity index (χ0v) is 10.9. The topological polar surface area (TPSA) is 20.3 Å². The molecule has 92 valence electrons. The van der Waals surface area contributed by atoms with E-state index in [1.165, 1.54) is 11.1 Å². The van der Waals surface area contributed by atoms with Crippen LogP contribution >= 0.6 is 0 Å². The lowest BCUT2D eigenvalue weighted by molar-refractivity contribution is -0.135. The minimum absolute atomic E-state index is 0.305. The van der Waals surface area contributed by atoms with Gasteiger partial charge < -0.3 is 4.90 Å². The molecule has 0 aromatic heterocycles. The van der Waals surface area contributed by atoms with Crippen molar-refractivity contribution in [3.05, 3.63) is 35.4 Å². The van der Waals surface area contributed by atoms with E-state index < -0.39 is 0 Å². The van der Waals surface area contributed by atoms with Crippen molar-refractivity contribution in [2.75, 3.05) is 6.54 Å². The Bertz CT molecular complexity index is 411. The molecule has 0 bridgehead atoms. The largest absolute Gasteiger partial charge is 0.340 e. The molecular weight excluding hydrogens is 210 g/mol. The molecule has 0 radical (unpaired) electrons. The zero-order chi connectivity index (χ0) is 12.4. The van der Waals surface area contributed by atoms with Crippen molar-refractivity contribution in [1.82, 2.24) is 4.90 Å². The minimum Gasteiger partial charge on any atom is -0.340 e. The van der Waals surface area contributed by atoms with E-state index in [9.17, 15) is 4.79 Å². The standard InChI is InChI=1S/C15H21NO/c1-11(2)16-9-8-13(10-15(16)17)14-7-5-4-6-12(14)3/h4-7,11,13H,8-10H2,1-3H3. The fourth-order valence-corrected chi connectivity index (χ4v) is 2.71. The van der Waals surface area contributed by atoms with Crippen LogP contribution in [0, 0.1) is 6.92 Å². The lowest BCUT2D eigenvalue weighted by Gasteiger charge is -2.35. The van der Waals surface area contributed by atoms with Gasteiger partial charge >= 0.3 is 0 Å². The zero-order valence-electron chi connectivity index (χ0n) is 10.9. The number of nitrogens with zero attached hydrogens (tertiary/aromatic N) is 1. The number of hydrogen-bond donors (Lipinski definition) is 0. The van der Waals surface area contributed by atoms with E-state index >= 15 is 0 Å². The van der Waals surface area contributed by atoms with Gasteiger partial charge in [0.25, 0.3) is 0 Å². The first-order valence-corrected chi connectivity index (χ1v) is 6.44. The number of aryl methyl sites for hydroxylation is 1. The Labute approximate surface area is 104 Å². The molecule has 1 aliphatic rings. The molecule has 1 atom stereocenters. The predicted molar refractivity (Wildman–Crippen MR) is 70.0 cm³/mol. The molecule has 2 rings (SSSR count). The third-order valence-electron chi connectivity index (χ3n) is 3.71. The molecule has 1 amide bonds. The van der Waals surface area contributed by atoms with Crippen LogP contribution in [-0.2, 0) is 4.79 Å². The molecule has 1 unspecified atom stereocenters. The summed E-state index contributed by atoms with van der Waals surface area (Å²) >= 11 is 0. The molecule has 0 spiro atoms. The van der Waals surface area contributed by atoms with Gasteiger partial charge in [-0.2, -0.15) is 0 Å². The van der Waals surface area contributed by atoms with Crippen molar-refractivity contribution in [1.29, 1.82) is 0 Å². The Morgan fingerprint density at radius 2 is 2.00 bits per heavy atom. The molecule has 1 saturated heterocycles. The summed E-state index contributed by atoms with van der Waals surface area (Å²) in [6, 6.07) is 8.76. The number of hydrogen-bond acceptors (Lipinski definition) is 1. The van der Waals surface area contributed by atoms with Crippen molar-refractivity contribution in [3.63, 3.8) is 0 Å². The Kier molecular flexibility index (Phi) is 3.51. The average Bonchev–Trinajstić information content (AvgIpc) is 2.29. The summed E-state index contributed by atoms with van der Waals surface area (Å²) < 4.78 is 0. The molecule has 1 heterocycles. The monoisotopic (exact) mass is 231 g/mol. The van der Waals surface area contributed by atoms with Gasteiger partial charge in [0.05, 0.1) is 0 Å². The first-order chi connectivity index (χ1) is 8.09. The predicted octanol–water partition coefficient (Wildman–Crippen LogP) is 3.11. The van der Waals surface area contributed by atoms with Crippen LogP contribution in [0.3, 0.4) is 0 Å². The molecule has 2 heteroatoms. The molecule has 17 heavy (non-hydrogen) atoms. The van der Waals surface area contributed by atoms with E-state index in [4.69, 9.17) is 0 Å². The number of amides is 1. The summed E-state index contributed by atoms with van der Waals surface area (Å²) in [5.41, 5.74) is 2.66. The minimum atomic E-state index is 0.305. The van der Waals surface area contributed by atoms with Gasteiger partial charge in [-0.15, -0.1) is 0 Å². The highest BCUT2D eigenvalue weighted by atomic mass is 16.2. The fourth-order valence-electron chi connectivity index (χ4n) is 2.71. The van der Waals surface area contributed by atoms with Crippen LogP contribution in [0.4, 0.5) is 0 Å². The summed E-state index contributed by atoms with van der Waals surface area (Å²) in [5, 5.41) is 0. The van der Waals surface area contributed by atoms with Gasteiger partial charge in [-0.1, -0.05) is 24.3 Å². The Morgan fingerprint density at radius 1 is 1.29 bits per heavy atom. The molecule has 2 nitrogen and oxygen atoms in total. The average molecular weight is 231 g/mol. The van der Waals surface area contributed by atoms with Gasteiger partial charge in [0.1, 0.15) is 0 Å². The molecule has 1 aromatic carbocycles. The Balaban J connectivity index is 2.13. The number of likely N-dealkylation sites (tertiary alicyclic amines) is 1. The SMILES string of the molecule is Cc1ccccc1C1CCN(C(C)C)C(=O)C1. The van der Waals surface area contributed by atoms with Gasteiger partial charge in [0, 0.05) is 19.0 Å². The van der Waals surface area contributed by atoms with E-state index in [2.05, 4.69) is 45.0 Å². The van der Waals surface area contributed by atoms with Crippen LogP contribution in [0.2, 0.25) is 0 Å². The highest BCUT2D eigenvalue weighted by molar-refractivity contribution is 5.78. The quantitative estimate of drug-likeness (QED) is 0.766. The highest BCUT2D eigenvalue weighted by Gasteiger charge is 2.28. The Hall–Kier alpha value is -1.31. The van der Waals surface area contributed by atoms with Crippen LogP contribution in [0.1, 0.15) is 43.7 Å². The van der Waals surface area contributed by atoms with Gasteiger partial charge in [0.15, 0.2) is 0 Å². The van der Waals surface area contributed by atoms with E-state index in [1.807, 2.05) is 4.90 Å². The number of benzene rings is 1. The first-order valence-electron chi connectivity index (χ1n) is 6.44. The van der Waals surface area contributed by atoms with Gasteiger partial charge in [-0.05, 0) is 44.2 Å². The van der Waals surface area contributed by atoms with Gasteiger partial charge in [0.2, 0.25) is 5.91 Å². The summed E-state index contributed by atoms with van der Waals surface area (Å²) in [6.45, 7) is 7.21. The normalized spacial score (nSPS) is 21.1. The number of carbonyl (C=O) groups excluding carboxylic acids is 1. The van der Waals surface area contributed by atoms with Crippen molar-refractivity contribution in [2.45, 2.75) is 45.6 Å². The first kappa shape index (κ1) is 12.2. The summed E-state index contributed by atoms with van der Waals surface area (Å²) in [6.07, 6.45) is 1.76. The maximum atomic E-state index is 12.1. The van der Waals surface area contributed by atoms with Crippen molar-refractivity contribution >= 4 is 5.91 Å². The summed E-state index contributed by atoms with van der Waals surface area (Å²) in [4.78, 5) is 14.1. The van der Waals surface area contributed by atoms with Crippen LogP contribution in [0.25, 0.3) is 0 Å². The molecule has 0 aliphatic carbocycles. The molecule has 1 aromatic rings. The highest BCUT2D eigenvalue weighted by Crippen LogP contribution is 2.31. The van der Waals surface area contributed by atoms with E-state index in [1.54, 1.807) is 0 Å². The third-order valence-corrected chi connectivity index (χ3v) is 3.71. The maximum absolute atomic E-state index is 12.1. The van der Waals surface area contributed by atoms with E-state index in [0.29, 0.717) is 24.3 Å². The second-order valence-corrected chi connectivity index (χ2v) is 5.23. The van der Waals surface area contributed by atoms with E-state index in [0.717, 1.165) is 13.0 Å². The van der Waals surface area contributed by atoms with Gasteiger partial charge in [-0.25, -0.2) is 0 Å². The second-order valence-electron chi connectivity index (χ2n) is 5.23. The third kappa shape index (κ3) is 2.51. The molecule has 1 fully saturated rings.